The largest absolute Gasteiger partial charge is 0.478 e. The van der Waals surface area contributed by atoms with E-state index in [1.165, 1.54) is 0 Å². The number of benzene rings is 2. The summed E-state index contributed by atoms with van der Waals surface area (Å²) in [6.45, 7) is 0.552. The van der Waals surface area contributed by atoms with Crippen LogP contribution in [0.15, 0.2) is 41.9 Å². The summed E-state index contributed by atoms with van der Waals surface area (Å²) in [5, 5.41) is 12.8. The summed E-state index contributed by atoms with van der Waals surface area (Å²) in [6.07, 6.45) is 0. The van der Waals surface area contributed by atoms with Crippen molar-refractivity contribution >= 4 is 44.8 Å². The molecule has 0 bridgehead atoms. The number of hydrogen-bond acceptors (Lipinski definition) is 4. The standard InChI is InChI=1S/C15H11ClN2O2S/c16-11-5-6-12-14(18-8-21-12)13(11)17-7-9-1-3-10(4-2-9)15(19)20/h1-6,8,17H,7H2,(H,19,20). The van der Waals surface area contributed by atoms with Crippen molar-refractivity contribution in [2.45, 2.75) is 6.54 Å². The van der Waals surface area contributed by atoms with Gasteiger partial charge in [0.2, 0.25) is 0 Å². The van der Waals surface area contributed by atoms with Crippen molar-refractivity contribution in [2.24, 2.45) is 0 Å². The molecule has 3 aromatic rings. The zero-order valence-corrected chi connectivity index (χ0v) is 12.4. The van der Waals surface area contributed by atoms with Gasteiger partial charge in [0.05, 0.1) is 26.5 Å². The third-order valence-electron chi connectivity index (χ3n) is 3.12. The SMILES string of the molecule is O=C(O)c1ccc(CNc2c(Cl)ccc3scnc23)cc1. The summed E-state index contributed by atoms with van der Waals surface area (Å²) >= 11 is 7.78. The molecular weight excluding hydrogens is 308 g/mol. The van der Waals surface area contributed by atoms with Gasteiger partial charge in [0.25, 0.3) is 0 Å². The molecule has 2 N–H and O–H groups in total. The second-order valence-electron chi connectivity index (χ2n) is 4.48. The van der Waals surface area contributed by atoms with Crippen molar-refractivity contribution in [2.75, 3.05) is 5.32 Å². The van der Waals surface area contributed by atoms with Crippen LogP contribution in [0.3, 0.4) is 0 Å². The van der Waals surface area contributed by atoms with E-state index in [-0.39, 0.29) is 5.56 Å². The van der Waals surface area contributed by atoms with E-state index in [4.69, 9.17) is 16.7 Å². The molecule has 21 heavy (non-hydrogen) atoms. The molecule has 106 valence electrons. The third kappa shape index (κ3) is 2.84. The zero-order chi connectivity index (χ0) is 14.8. The zero-order valence-electron chi connectivity index (χ0n) is 10.8. The summed E-state index contributed by atoms with van der Waals surface area (Å²) in [4.78, 5) is 15.1. The van der Waals surface area contributed by atoms with Crippen LogP contribution >= 0.6 is 22.9 Å². The number of hydrogen-bond donors (Lipinski definition) is 2. The number of thiazole rings is 1. The minimum atomic E-state index is -0.926. The Balaban J connectivity index is 1.81. The van der Waals surface area contributed by atoms with Gasteiger partial charge in [0.1, 0.15) is 5.52 Å². The Morgan fingerprint density at radius 1 is 1.24 bits per heavy atom. The maximum Gasteiger partial charge on any atom is 0.335 e. The van der Waals surface area contributed by atoms with Crippen LogP contribution in [-0.4, -0.2) is 16.1 Å². The minimum absolute atomic E-state index is 0.276. The predicted octanol–water partition coefficient (Wildman–Crippen LogP) is 4.26. The van der Waals surface area contributed by atoms with Gasteiger partial charge in [-0.15, -0.1) is 11.3 Å². The summed E-state index contributed by atoms with van der Waals surface area (Å²) in [5.74, 6) is -0.926. The van der Waals surface area contributed by atoms with Crippen LogP contribution in [0.1, 0.15) is 15.9 Å². The molecule has 2 aromatic carbocycles. The number of carboxylic acids is 1. The van der Waals surface area contributed by atoms with Crippen LogP contribution in [0.2, 0.25) is 5.02 Å². The van der Waals surface area contributed by atoms with Gasteiger partial charge >= 0.3 is 5.97 Å². The monoisotopic (exact) mass is 318 g/mol. The number of carboxylic acid groups (broad SMARTS) is 1. The molecule has 6 heteroatoms. The Labute approximate surface area is 130 Å². The molecule has 0 atom stereocenters. The van der Waals surface area contributed by atoms with Crippen LogP contribution in [0, 0.1) is 0 Å². The molecule has 0 amide bonds. The molecule has 0 fully saturated rings. The van der Waals surface area contributed by atoms with Crippen molar-refractivity contribution in [1.82, 2.24) is 4.98 Å². The number of aromatic carboxylic acids is 1. The van der Waals surface area contributed by atoms with Crippen molar-refractivity contribution in [1.29, 1.82) is 0 Å². The number of aromatic nitrogens is 1. The Kier molecular flexibility index (Phi) is 3.77. The Hall–Kier alpha value is -2.11. The van der Waals surface area contributed by atoms with E-state index in [0.717, 1.165) is 21.5 Å². The fraction of sp³-hybridized carbons (Fsp3) is 0.0667. The molecule has 0 radical (unpaired) electrons. The fourth-order valence-corrected chi connectivity index (χ4v) is 2.93. The number of rotatable bonds is 4. The van der Waals surface area contributed by atoms with Gasteiger partial charge in [0.15, 0.2) is 0 Å². The highest BCUT2D eigenvalue weighted by Crippen LogP contribution is 2.32. The molecule has 0 unspecified atom stereocenters. The average Bonchev–Trinajstić information content (AvgIpc) is 2.95. The first kappa shape index (κ1) is 13.9. The van der Waals surface area contributed by atoms with E-state index in [9.17, 15) is 4.79 Å². The van der Waals surface area contributed by atoms with Crippen LogP contribution in [-0.2, 0) is 6.54 Å². The van der Waals surface area contributed by atoms with Crippen molar-refractivity contribution < 1.29 is 9.90 Å². The Bertz CT molecular complexity index is 799. The Morgan fingerprint density at radius 2 is 2.00 bits per heavy atom. The topological polar surface area (TPSA) is 62.2 Å². The van der Waals surface area contributed by atoms with Crippen LogP contribution < -0.4 is 5.32 Å². The normalized spacial score (nSPS) is 10.7. The highest BCUT2D eigenvalue weighted by Gasteiger charge is 2.08. The van der Waals surface area contributed by atoms with Gasteiger partial charge in [-0.3, -0.25) is 0 Å². The minimum Gasteiger partial charge on any atom is -0.478 e. The summed E-state index contributed by atoms with van der Waals surface area (Å²) in [5.41, 5.74) is 4.70. The number of anilines is 1. The van der Waals surface area contributed by atoms with E-state index >= 15 is 0 Å². The molecular formula is C15H11ClN2O2S. The summed E-state index contributed by atoms with van der Waals surface area (Å²) < 4.78 is 1.07. The third-order valence-corrected chi connectivity index (χ3v) is 4.23. The number of carbonyl (C=O) groups is 1. The highest BCUT2D eigenvalue weighted by molar-refractivity contribution is 7.16. The lowest BCUT2D eigenvalue weighted by Crippen LogP contribution is -2.02. The van der Waals surface area contributed by atoms with Crippen LogP contribution in [0.25, 0.3) is 10.2 Å². The molecule has 1 heterocycles. The van der Waals surface area contributed by atoms with Gasteiger partial charge < -0.3 is 10.4 Å². The van der Waals surface area contributed by atoms with Gasteiger partial charge in [-0.1, -0.05) is 23.7 Å². The maximum absolute atomic E-state index is 10.8. The second kappa shape index (κ2) is 5.71. The van der Waals surface area contributed by atoms with Crippen molar-refractivity contribution in [3.63, 3.8) is 0 Å². The number of nitrogens with zero attached hydrogens (tertiary/aromatic N) is 1. The fourth-order valence-electron chi connectivity index (χ4n) is 2.03. The van der Waals surface area contributed by atoms with E-state index < -0.39 is 5.97 Å². The molecule has 3 rings (SSSR count). The van der Waals surface area contributed by atoms with Gasteiger partial charge in [-0.2, -0.15) is 0 Å². The molecule has 4 nitrogen and oxygen atoms in total. The molecule has 0 aliphatic carbocycles. The average molecular weight is 319 g/mol. The van der Waals surface area contributed by atoms with Gasteiger partial charge in [0, 0.05) is 6.54 Å². The first-order valence-corrected chi connectivity index (χ1v) is 7.49. The quantitative estimate of drug-likeness (QED) is 0.754. The van der Waals surface area contributed by atoms with E-state index in [0.29, 0.717) is 11.6 Å². The molecule has 0 spiro atoms. The van der Waals surface area contributed by atoms with E-state index in [1.54, 1.807) is 41.1 Å². The molecule has 0 saturated carbocycles. The van der Waals surface area contributed by atoms with Crippen molar-refractivity contribution in [3.05, 3.63) is 58.1 Å². The maximum atomic E-state index is 10.8. The lowest BCUT2D eigenvalue weighted by atomic mass is 10.1. The first-order chi connectivity index (χ1) is 10.1. The van der Waals surface area contributed by atoms with Crippen LogP contribution in [0.5, 0.6) is 0 Å². The smallest absolute Gasteiger partial charge is 0.335 e. The molecule has 1 aromatic heterocycles. The molecule has 0 saturated heterocycles. The van der Waals surface area contributed by atoms with Crippen molar-refractivity contribution in [3.8, 4) is 0 Å². The number of nitrogens with one attached hydrogen (secondary N) is 1. The molecule has 0 aliphatic rings. The van der Waals surface area contributed by atoms with Crippen LogP contribution in [0.4, 0.5) is 5.69 Å². The summed E-state index contributed by atoms with van der Waals surface area (Å²) in [7, 11) is 0. The lowest BCUT2D eigenvalue weighted by Gasteiger charge is -2.09. The molecule has 0 aliphatic heterocycles. The Morgan fingerprint density at radius 3 is 2.71 bits per heavy atom. The number of halogens is 1. The van der Waals surface area contributed by atoms with Gasteiger partial charge in [-0.25, -0.2) is 9.78 Å². The van der Waals surface area contributed by atoms with Gasteiger partial charge in [-0.05, 0) is 29.8 Å². The first-order valence-electron chi connectivity index (χ1n) is 6.23. The highest BCUT2D eigenvalue weighted by atomic mass is 35.5. The second-order valence-corrected chi connectivity index (χ2v) is 5.77. The van der Waals surface area contributed by atoms with E-state index in [2.05, 4.69) is 10.3 Å². The number of fused-ring (bicyclic) bond motifs is 1. The summed E-state index contributed by atoms with van der Waals surface area (Å²) in [6, 6.07) is 10.5. The predicted molar refractivity (Wildman–Crippen MR) is 85.4 cm³/mol. The van der Waals surface area contributed by atoms with E-state index in [1.807, 2.05) is 12.1 Å². The lowest BCUT2D eigenvalue weighted by molar-refractivity contribution is 0.0697.